The van der Waals surface area contributed by atoms with E-state index in [0.29, 0.717) is 19.4 Å². The molecular formula is C16H27N5O5. The van der Waals surface area contributed by atoms with Crippen LogP contribution in [0.1, 0.15) is 40.5 Å². The average molecular weight is 369 g/mol. The molecule has 10 nitrogen and oxygen atoms in total. The van der Waals surface area contributed by atoms with Crippen molar-refractivity contribution in [3.05, 3.63) is 0 Å². The fourth-order valence-corrected chi connectivity index (χ4v) is 2.70. The Hall–Kier alpha value is -2.65. The lowest BCUT2D eigenvalue weighted by Crippen LogP contribution is -2.56. The molecule has 1 heterocycles. The van der Waals surface area contributed by atoms with E-state index in [4.69, 9.17) is 5.73 Å². The molecule has 1 aliphatic heterocycles. The Bertz CT molecular complexity index is 594. The standard InChI is InChI=1S/C16H27N5O5/c1-8(13(17)23)19-14(24)9(2)20-15(25)12-6-5-7-21(12)16(26)10(3)18-11(4)22/h8-10,12H,5-7H2,1-4H3,(H2,17,23)(H,18,22)(H,19,24)(H,20,25)/t8-,9-,10-,12+/m0/s1. The Kier molecular flexibility index (Phi) is 7.54. The van der Waals surface area contributed by atoms with E-state index in [1.807, 2.05) is 0 Å². The molecule has 0 aromatic carbocycles. The van der Waals surface area contributed by atoms with Gasteiger partial charge in [-0.3, -0.25) is 24.0 Å². The normalized spacial score (nSPS) is 19.8. The summed E-state index contributed by atoms with van der Waals surface area (Å²) in [5.41, 5.74) is 5.08. The van der Waals surface area contributed by atoms with Gasteiger partial charge in [-0.1, -0.05) is 0 Å². The van der Waals surface area contributed by atoms with Crippen molar-refractivity contribution in [2.24, 2.45) is 5.73 Å². The quantitative estimate of drug-likeness (QED) is 0.409. The van der Waals surface area contributed by atoms with Gasteiger partial charge < -0.3 is 26.6 Å². The highest BCUT2D eigenvalue weighted by molar-refractivity contribution is 5.95. The zero-order valence-electron chi connectivity index (χ0n) is 15.5. The molecular weight excluding hydrogens is 342 g/mol. The van der Waals surface area contributed by atoms with Crippen molar-refractivity contribution in [2.45, 2.75) is 64.7 Å². The van der Waals surface area contributed by atoms with Crippen LogP contribution >= 0.6 is 0 Å². The van der Waals surface area contributed by atoms with Crippen LogP contribution < -0.4 is 21.7 Å². The summed E-state index contributed by atoms with van der Waals surface area (Å²) in [6.45, 7) is 6.18. The highest BCUT2D eigenvalue weighted by Crippen LogP contribution is 2.18. The van der Waals surface area contributed by atoms with Crippen LogP contribution in [0.15, 0.2) is 0 Å². The van der Waals surface area contributed by atoms with Crippen molar-refractivity contribution in [1.29, 1.82) is 0 Å². The minimum absolute atomic E-state index is 0.333. The molecule has 0 aromatic rings. The Morgan fingerprint density at radius 1 is 0.962 bits per heavy atom. The smallest absolute Gasteiger partial charge is 0.245 e. The molecule has 4 atom stereocenters. The number of rotatable bonds is 7. The topological polar surface area (TPSA) is 151 Å². The first-order valence-corrected chi connectivity index (χ1v) is 8.52. The number of likely N-dealkylation sites (tertiary alicyclic amines) is 1. The van der Waals surface area contributed by atoms with E-state index in [1.165, 1.54) is 25.7 Å². The molecule has 0 bridgehead atoms. The molecule has 1 rings (SSSR count). The van der Waals surface area contributed by atoms with Gasteiger partial charge in [-0.25, -0.2) is 0 Å². The third-order valence-electron chi connectivity index (χ3n) is 4.17. The molecule has 0 saturated carbocycles. The highest BCUT2D eigenvalue weighted by atomic mass is 16.2. The van der Waals surface area contributed by atoms with Gasteiger partial charge in [0.15, 0.2) is 0 Å². The van der Waals surface area contributed by atoms with E-state index in [0.717, 1.165) is 0 Å². The third-order valence-corrected chi connectivity index (χ3v) is 4.17. The van der Waals surface area contributed by atoms with E-state index in [-0.39, 0.29) is 11.8 Å². The van der Waals surface area contributed by atoms with Gasteiger partial charge in [0.1, 0.15) is 24.2 Å². The molecule has 0 aromatic heterocycles. The molecule has 1 aliphatic rings. The summed E-state index contributed by atoms with van der Waals surface area (Å²) in [6.07, 6.45) is 1.12. The summed E-state index contributed by atoms with van der Waals surface area (Å²) >= 11 is 0. The van der Waals surface area contributed by atoms with Crippen molar-refractivity contribution < 1.29 is 24.0 Å². The number of primary amides is 1. The number of hydrogen-bond donors (Lipinski definition) is 4. The van der Waals surface area contributed by atoms with Gasteiger partial charge in [0.2, 0.25) is 29.5 Å². The number of nitrogens with zero attached hydrogens (tertiary/aromatic N) is 1. The number of amides is 5. The van der Waals surface area contributed by atoms with Gasteiger partial charge >= 0.3 is 0 Å². The van der Waals surface area contributed by atoms with Crippen molar-refractivity contribution in [3.63, 3.8) is 0 Å². The van der Waals surface area contributed by atoms with Crippen LogP contribution in [-0.4, -0.2) is 65.1 Å². The number of nitrogens with two attached hydrogens (primary N) is 1. The Morgan fingerprint density at radius 2 is 1.58 bits per heavy atom. The summed E-state index contributed by atoms with van der Waals surface area (Å²) in [4.78, 5) is 60.4. The van der Waals surface area contributed by atoms with E-state index < -0.39 is 41.9 Å². The third kappa shape index (κ3) is 5.71. The van der Waals surface area contributed by atoms with Gasteiger partial charge in [-0.15, -0.1) is 0 Å². The Balaban J connectivity index is 2.67. The minimum Gasteiger partial charge on any atom is -0.368 e. The largest absolute Gasteiger partial charge is 0.368 e. The Labute approximate surface area is 152 Å². The average Bonchev–Trinajstić information content (AvgIpc) is 3.02. The molecule has 26 heavy (non-hydrogen) atoms. The molecule has 0 radical (unpaired) electrons. The number of hydrogen-bond acceptors (Lipinski definition) is 5. The Morgan fingerprint density at radius 3 is 2.12 bits per heavy atom. The van der Waals surface area contributed by atoms with Gasteiger partial charge in [0.05, 0.1) is 0 Å². The fraction of sp³-hybridized carbons (Fsp3) is 0.688. The molecule has 1 fully saturated rings. The van der Waals surface area contributed by atoms with Crippen LogP contribution in [0.2, 0.25) is 0 Å². The molecule has 0 spiro atoms. The summed E-state index contributed by atoms with van der Waals surface area (Å²) in [6, 6.07) is -3.19. The van der Waals surface area contributed by atoms with Crippen molar-refractivity contribution in [2.75, 3.05) is 6.54 Å². The molecule has 5 amide bonds. The predicted molar refractivity (Wildman–Crippen MR) is 92.4 cm³/mol. The van der Waals surface area contributed by atoms with Gasteiger partial charge in [-0.05, 0) is 33.6 Å². The monoisotopic (exact) mass is 369 g/mol. The molecule has 146 valence electrons. The minimum atomic E-state index is -0.894. The maximum atomic E-state index is 12.5. The van der Waals surface area contributed by atoms with Crippen LogP contribution in [0.25, 0.3) is 0 Å². The van der Waals surface area contributed by atoms with Gasteiger partial charge in [0.25, 0.3) is 0 Å². The molecule has 0 aliphatic carbocycles. The first-order valence-electron chi connectivity index (χ1n) is 8.52. The molecule has 1 saturated heterocycles. The van der Waals surface area contributed by atoms with Crippen molar-refractivity contribution in [1.82, 2.24) is 20.9 Å². The first kappa shape index (κ1) is 21.4. The number of nitrogens with one attached hydrogen (secondary N) is 3. The second-order valence-corrected chi connectivity index (χ2v) is 6.47. The summed E-state index contributed by atoms with van der Waals surface area (Å²) in [5.74, 6) is -2.37. The molecule has 0 unspecified atom stereocenters. The zero-order chi connectivity index (χ0) is 20.0. The summed E-state index contributed by atoms with van der Waals surface area (Å²) in [5, 5.41) is 7.44. The van der Waals surface area contributed by atoms with Crippen LogP contribution in [0.3, 0.4) is 0 Å². The van der Waals surface area contributed by atoms with Crippen LogP contribution in [-0.2, 0) is 24.0 Å². The second kappa shape index (κ2) is 9.16. The number of carbonyl (C=O) groups is 5. The maximum Gasteiger partial charge on any atom is 0.245 e. The van der Waals surface area contributed by atoms with Crippen LogP contribution in [0.4, 0.5) is 0 Å². The maximum absolute atomic E-state index is 12.5. The SMILES string of the molecule is CC(=O)N[C@@H](C)C(=O)N1CCC[C@@H]1C(=O)N[C@@H](C)C(=O)N[C@@H](C)C(N)=O. The fourth-order valence-electron chi connectivity index (χ4n) is 2.70. The van der Waals surface area contributed by atoms with E-state index in [1.54, 1.807) is 6.92 Å². The van der Waals surface area contributed by atoms with Crippen molar-refractivity contribution >= 4 is 29.5 Å². The van der Waals surface area contributed by atoms with E-state index in [2.05, 4.69) is 16.0 Å². The molecule has 5 N–H and O–H groups in total. The van der Waals surface area contributed by atoms with Crippen molar-refractivity contribution in [3.8, 4) is 0 Å². The zero-order valence-corrected chi connectivity index (χ0v) is 15.5. The summed E-state index contributed by atoms with van der Waals surface area (Å²) < 4.78 is 0. The lowest BCUT2D eigenvalue weighted by molar-refractivity contribution is -0.141. The van der Waals surface area contributed by atoms with E-state index in [9.17, 15) is 24.0 Å². The molecule has 10 heteroatoms. The highest BCUT2D eigenvalue weighted by Gasteiger charge is 2.37. The van der Waals surface area contributed by atoms with Crippen LogP contribution in [0, 0.1) is 0 Å². The van der Waals surface area contributed by atoms with E-state index >= 15 is 0 Å². The second-order valence-electron chi connectivity index (χ2n) is 6.47. The van der Waals surface area contributed by atoms with Crippen LogP contribution in [0.5, 0.6) is 0 Å². The number of carbonyl (C=O) groups excluding carboxylic acids is 5. The predicted octanol–water partition coefficient (Wildman–Crippen LogP) is -2.00. The first-order chi connectivity index (χ1) is 12.0. The lowest BCUT2D eigenvalue weighted by atomic mass is 10.1. The van der Waals surface area contributed by atoms with Gasteiger partial charge in [0, 0.05) is 13.5 Å². The lowest BCUT2D eigenvalue weighted by Gasteiger charge is -2.28. The van der Waals surface area contributed by atoms with Gasteiger partial charge in [-0.2, -0.15) is 0 Å². The summed E-state index contributed by atoms with van der Waals surface area (Å²) in [7, 11) is 0.